The Hall–Kier alpha value is -3.09. The van der Waals surface area contributed by atoms with Crippen LogP contribution in [0.5, 0.6) is 5.88 Å². The van der Waals surface area contributed by atoms with Gasteiger partial charge in [-0.05, 0) is 36.8 Å². The predicted octanol–water partition coefficient (Wildman–Crippen LogP) is 3.30. The molecule has 9 heteroatoms. The first kappa shape index (κ1) is 19.7. The van der Waals surface area contributed by atoms with Gasteiger partial charge in [0.25, 0.3) is 0 Å². The lowest BCUT2D eigenvalue weighted by molar-refractivity contribution is 0.472. The third kappa shape index (κ3) is 5.00. The summed E-state index contributed by atoms with van der Waals surface area (Å²) in [5.41, 5.74) is 8.24. The fourth-order valence-electron chi connectivity index (χ4n) is 2.22. The molecular formula is C19H16N4O3S2. The number of aryl methyl sites for hydroxylation is 1. The lowest BCUT2D eigenvalue weighted by Gasteiger charge is -2.08. The topological polar surface area (TPSA) is 119 Å². The molecule has 3 rings (SSSR count). The summed E-state index contributed by atoms with van der Waals surface area (Å²) in [7, 11) is -4.02. The maximum atomic E-state index is 12.4. The summed E-state index contributed by atoms with van der Waals surface area (Å²) in [6.45, 7) is 1.86. The van der Waals surface area contributed by atoms with Gasteiger partial charge in [0, 0.05) is 11.8 Å². The van der Waals surface area contributed by atoms with E-state index in [-0.39, 0.29) is 16.6 Å². The van der Waals surface area contributed by atoms with Crippen molar-refractivity contribution in [2.75, 3.05) is 5.73 Å². The van der Waals surface area contributed by atoms with Crippen molar-refractivity contribution in [2.45, 2.75) is 22.7 Å². The van der Waals surface area contributed by atoms with E-state index in [0.29, 0.717) is 16.5 Å². The van der Waals surface area contributed by atoms with Crippen molar-refractivity contribution in [3.05, 3.63) is 71.3 Å². The van der Waals surface area contributed by atoms with Gasteiger partial charge >= 0.3 is 10.1 Å². The lowest BCUT2D eigenvalue weighted by Crippen LogP contribution is -2.11. The number of nitrogen functional groups attached to an aromatic ring is 1. The van der Waals surface area contributed by atoms with E-state index in [2.05, 4.69) is 16.0 Å². The van der Waals surface area contributed by atoms with Crippen LogP contribution in [0, 0.1) is 18.3 Å². The van der Waals surface area contributed by atoms with Gasteiger partial charge in [0.05, 0.1) is 11.6 Å². The fraction of sp³-hybridized carbons (Fsp3) is 0.105. The van der Waals surface area contributed by atoms with E-state index in [1.54, 1.807) is 24.3 Å². The molecule has 7 nitrogen and oxygen atoms in total. The molecule has 0 aliphatic heterocycles. The molecule has 0 aliphatic carbocycles. The lowest BCUT2D eigenvalue weighted by atomic mass is 10.2. The maximum absolute atomic E-state index is 12.4. The van der Waals surface area contributed by atoms with Crippen molar-refractivity contribution in [3.63, 3.8) is 0 Å². The van der Waals surface area contributed by atoms with Crippen molar-refractivity contribution in [1.82, 2.24) is 9.97 Å². The average molecular weight is 412 g/mol. The number of nitrogens with two attached hydrogens (primary N) is 1. The highest BCUT2D eigenvalue weighted by Gasteiger charge is 2.18. The minimum absolute atomic E-state index is 0.0297. The molecule has 0 radical (unpaired) electrons. The second kappa shape index (κ2) is 8.29. The van der Waals surface area contributed by atoms with Crippen molar-refractivity contribution < 1.29 is 12.6 Å². The Kier molecular flexibility index (Phi) is 5.82. The second-order valence-corrected chi connectivity index (χ2v) is 8.35. The number of benzene rings is 2. The van der Waals surface area contributed by atoms with E-state index in [4.69, 9.17) is 15.2 Å². The number of nitriles is 1. The molecule has 0 aliphatic rings. The molecule has 28 heavy (non-hydrogen) atoms. The predicted molar refractivity (Wildman–Crippen MR) is 106 cm³/mol. The van der Waals surface area contributed by atoms with Gasteiger partial charge in [0.2, 0.25) is 5.88 Å². The Morgan fingerprint density at radius 1 is 1.11 bits per heavy atom. The van der Waals surface area contributed by atoms with Crippen molar-refractivity contribution >= 4 is 27.7 Å². The Balaban J connectivity index is 1.75. The first-order chi connectivity index (χ1) is 13.4. The van der Waals surface area contributed by atoms with Gasteiger partial charge < -0.3 is 9.92 Å². The summed E-state index contributed by atoms with van der Waals surface area (Å²) in [4.78, 5) is 8.26. The zero-order chi connectivity index (χ0) is 20.1. The Morgan fingerprint density at radius 3 is 2.43 bits per heavy atom. The van der Waals surface area contributed by atoms with Crippen LogP contribution < -0.4 is 9.92 Å². The molecular weight excluding hydrogens is 396 g/mol. The van der Waals surface area contributed by atoms with Crippen molar-refractivity contribution in [1.29, 1.82) is 5.26 Å². The SMILES string of the molecule is Cc1ccc(S(=O)(=O)Oc2cc(N)nc(SCc3ccc(C#N)cc3)n2)cc1. The average Bonchev–Trinajstić information content (AvgIpc) is 2.66. The Labute approximate surface area is 167 Å². The molecule has 142 valence electrons. The molecule has 0 fully saturated rings. The Morgan fingerprint density at radius 2 is 1.79 bits per heavy atom. The monoisotopic (exact) mass is 412 g/mol. The molecule has 0 bridgehead atoms. The largest absolute Gasteiger partial charge is 0.383 e. The van der Waals surface area contributed by atoms with Crippen LogP contribution in [0.25, 0.3) is 0 Å². The van der Waals surface area contributed by atoms with E-state index in [1.807, 2.05) is 19.1 Å². The number of thioether (sulfide) groups is 1. The van der Waals surface area contributed by atoms with E-state index in [9.17, 15) is 8.42 Å². The van der Waals surface area contributed by atoms with Crippen molar-refractivity contribution in [2.24, 2.45) is 0 Å². The third-order valence-corrected chi connectivity index (χ3v) is 5.82. The summed E-state index contributed by atoms with van der Waals surface area (Å²) in [6.07, 6.45) is 0. The van der Waals surface area contributed by atoms with Gasteiger partial charge in [-0.25, -0.2) is 4.98 Å². The van der Waals surface area contributed by atoms with Crippen molar-refractivity contribution in [3.8, 4) is 11.9 Å². The highest BCUT2D eigenvalue weighted by molar-refractivity contribution is 7.98. The van der Waals surface area contributed by atoms with Crippen LogP contribution in [-0.2, 0) is 15.9 Å². The van der Waals surface area contributed by atoms with Crippen LogP contribution in [0.15, 0.2) is 64.6 Å². The van der Waals surface area contributed by atoms with Crippen LogP contribution in [0.2, 0.25) is 0 Å². The molecule has 2 aromatic carbocycles. The number of anilines is 1. The number of rotatable bonds is 6. The summed E-state index contributed by atoms with van der Waals surface area (Å²) in [5, 5.41) is 9.12. The summed E-state index contributed by atoms with van der Waals surface area (Å²) < 4.78 is 30.0. The first-order valence-corrected chi connectivity index (χ1v) is 10.5. The molecule has 0 saturated heterocycles. The standard InChI is InChI=1S/C19H16N4O3S2/c1-13-2-8-16(9-3-13)28(24,25)26-18-10-17(21)22-19(23-18)27-12-15-6-4-14(11-20)5-7-15/h2-10H,12H2,1H3,(H2,21,22,23). The maximum Gasteiger partial charge on any atom is 0.340 e. The zero-order valence-electron chi connectivity index (χ0n) is 14.9. The molecule has 1 heterocycles. The van der Waals surface area contributed by atoms with Gasteiger partial charge in [-0.2, -0.15) is 18.7 Å². The van der Waals surface area contributed by atoms with Crippen LogP contribution in [-0.4, -0.2) is 18.4 Å². The number of nitrogens with zero attached hydrogens (tertiary/aromatic N) is 3. The molecule has 1 aromatic heterocycles. The molecule has 0 spiro atoms. The van der Waals surface area contributed by atoms with E-state index < -0.39 is 10.1 Å². The van der Waals surface area contributed by atoms with Gasteiger partial charge in [-0.3, -0.25) is 0 Å². The summed E-state index contributed by atoms with van der Waals surface area (Å²) >= 11 is 1.28. The fourth-order valence-corrected chi connectivity index (χ4v) is 3.91. The molecule has 0 atom stereocenters. The van der Waals surface area contributed by atoms with Gasteiger partial charge in [-0.1, -0.05) is 41.6 Å². The summed E-state index contributed by atoms with van der Waals surface area (Å²) in [6, 6.07) is 16.7. The molecule has 0 saturated carbocycles. The van der Waals surface area contributed by atoms with Gasteiger partial charge in [-0.15, -0.1) is 0 Å². The molecule has 3 aromatic rings. The number of hydrogen-bond acceptors (Lipinski definition) is 8. The molecule has 0 unspecified atom stereocenters. The van der Waals surface area contributed by atoms with E-state index >= 15 is 0 Å². The van der Waals surface area contributed by atoms with E-state index in [0.717, 1.165) is 11.1 Å². The minimum Gasteiger partial charge on any atom is -0.383 e. The smallest absolute Gasteiger partial charge is 0.340 e. The minimum atomic E-state index is -4.02. The zero-order valence-corrected chi connectivity index (χ0v) is 16.5. The van der Waals surface area contributed by atoms with Crippen LogP contribution in [0.1, 0.15) is 16.7 Å². The number of aromatic nitrogens is 2. The van der Waals surface area contributed by atoms with E-state index in [1.165, 1.54) is 30.0 Å². The number of hydrogen-bond donors (Lipinski definition) is 1. The molecule has 2 N–H and O–H groups in total. The molecule has 0 amide bonds. The third-order valence-electron chi connectivity index (χ3n) is 3.66. The van der Waals surface area contributed by atoms with Gasteiger partial charge in [0.1, 0.15) is 10.7 Å². The Bertz CT molecular complexity index is 1120. The quantitative estimate of drug-likeness (QED) is 0.372. The van der Waals surface area contributed by atoms with Crippen LogP contribution in [0.3, 0.4) is 0 Å². The summed E-state index contributed by atoms with van der Waals surface area (Å²) in [5.74, 6) is 0.487. The highest BCUT2D eigenvalue weighted by Crippen LogP contribution is 2.25. The van der Waals surface area contributed by atoms with Crippen LogP contribution >= 0.6 is 11.8 Å². The van der Waals surface area contributed by atoms with Crippen LogP contribution in [0.4, 0.5) is 5.82 Å². The van der Waals surface area contributed by atoms with Gasteiger partial charge in [0.15, 0.2) is 5.16 Å². The normalized spacial score (nSPS) is 11.0. The second-order valence-electron chi connectivity index (χ2n) is 5.86. The first-order valence-electron chi connectivity index (χ1n) is 8.13. The highest BCUT2D eigenvalue weighted by atomic mass is 32.2.